The zero-order valence-electron chi connectivity index (χ0n) is 8.84. The smallest absolute Gasteiger partial charge is 0.0233 e. The van der Waals surface area contributed by atoms with E-state index in [1.807, 2.05) is 0 Å². The van der Waals surface area contributed by atoms with Gasteiger partial charge in [-0.3, -0.25) is 0 Å². The molecule has 2 aliphatic rings. The van der Waals surface area contributed by atoms with Gasteiger partial charge in [-0.2, -0.15) is 0 Å². The van der Waals surface area contributed by atoms with Crippen LogP contribution in [0.2, 0.25) is 0 Å². The van der Waals surface area contributed by atoms with Gasteiger partial charge in [0.2, 0.25) is 0 Å². The Bertz CT molecular complexity index is 182. The lowest BCUT2D eigenvalue weighted by molar-refractivity contribution is 0.117. The molecule has 2 fully saturated rings. The molecule has 0 spiro atoms. The molecule has 0 aromatic heterocycles. The summed E-state index contributed by atoms with van der Waals surface area (Å²) >= 11 is 0. The van der Waals surface area contributed by atoms with Crippen molar-refractivity contribution in [2.45, 2.75) is 45.4 Å². The molecular weight excluding hydrogens is 156 g/mol. The maximum Gasteiger partial charge on any atom is -0.0233 e. The van der Waals surface area contributed by atoms with Crippen molar-refractivity contribution in [3.05, 3.63) is 12.7 Å². The highest BCUT2D eigenvalue weighted by molar-refractivity contribution is 4.90. The first-order valence-electron chi connectivity index (χ1n) is 5.92. The highest BCUT2D eigenvalue weighted by atomic mass is 14.4. The lowest BCUT2D eigenvalue weighted by atomic mass is 9.65. The number of fused-ring (bicyclic) bond motifs is 1. The first kappa shape index (κ1) is 9.30. The third-order valence-corrected chi connectivity index (χ3v) is 4.25. The van der Waals surface area contributed by atoms with Crippen molar-refractivity contribution >= 4 is 0 Å². The largest absolute Gasteiger partial charge is 0.103 e. The molecule has 0 amide bonds. The minimum atomic E-state index is 0.842. The van der Waals surface area contributed by atoms with Gasteiger partial charge >= 0.3 is 0 Å². The Morgan fingerprint density at radius 1 is 1.00 bits per heavy atom. The van der Waals surface area contributed by atoms with E-state index in [0.717, 1.165) is 23.7 Å². The molecule has 4 unspecified atom stereocenters. The molecule has 2 aliphatic carbocycles. The summed E-state index contributed by atoms with van der Waals surface area (Å²) in [4.78, 5) is 0. The molecule has 0 N–H and O–H groups in total. The Morgan fingerprint density at radius 2 is 1.69 bits per heavy atom. The fraction of sp³-hybridized carbons (Fsp3) is 0.846. The van der Waals surface area contributed by atoms with E-state index in [2.05, 4.69) is 19.6 Å². The quantitative estimate of drug-likeness (QED) is 0.532. The Kier molecular flexibility index (Phi) is 2.76. The lowest BCUT2D eigenvalue weighted by Crippen LogP contribution is -2.29. The van der Waals surface area contributed by atoms with Crippen LogP contribution < -0.4 is 0 Å². The highest BCUT2D eigenvalue weighted by Crippen LogP contribution is 2.44. The predicted octanol–water partition coefficient (Wildman–Crippen LogP) is 4.02. The fourth-order valence-electron chi connectivity index (χ4n) is 3.37. The van der Waals surface area contributed by atoms with E-state index >= 15 is 0 Å². The number of rotatable bonds is 1. The van der Waals surface area contributed by atoms with Gasteiger partial charge in [-0.15, -0.1) is 6.58 Å². The number of hydrogen-bond acceptors (Lipinski definition) is 0. The second-order valence-corrected chi connectivity index (χ2v) is 5.25. The molecule has 2 saturated carbocycles. The van der Waals surface area contributed by atoms with Crippen LogP contribution in [0.5, 0.6) is 0 Å². The zero-order chi connectivity index (χ0) is 9.26. The molecule has 0 saturated heterocycles. The molecular formula is C13H22. The van der Waals surface area contributed by atoms with Crippen LogP contribution in [0, 0.1) is 23.7 Å². The van der Waals surface area contributed by atoms with E-state index in [1.54, 1.807) is 0 Å². The summed E-state index contributed by atoms with van der Waals surface area (Å²) < 4.78 is 0. The Labute approximate surface area is 82.4 Å². The van der Waals surface area contributed by atoms with E-state index in [9.17, 15) is 0 Å². The minimum Gasteiger partial charge on any atom is -0.103 e. The molecule has 2 rings (SSSR count). The van der Waals surface area contributed by atoms with Crippen LogP contribution in [0.1, 0.15) is 45.4 Å². The standard InChI is InChI=1S/C13H22/c1-3-11-5-7-12-8-10(2)4-6-13(12)9-11/h3,10-13H,1,4-9H2,2H3. The van der Waals surface area contributed by atoms with Gasteiger partial charge in [0, 0.05) is 0 Å². The second-order valence-electron chi connectivity index (χ2n) is 5.25. The van der Waals surface area contributed by atoms with Gasteiger partial charge in [-0.25, -0.2) is 0 Å². The maximum atomic E-state index is 3.94. The van der Waals surface area contributed by atoms with Gasteiger partial charge in [0.15, 0.2) is 0 Å². The van der Waals surface area contributed by atoms with Crippen LogP contribution in [0.4, 0.5) is 0 Å². The third kappa shape index (κ3) is 1.98. The Hall–Kier alpha value is -0.260. The van der Waals surface area contributed by atoms with Gasteiger partial charge in [0.25, 0.3) is 0 Å². The van der Waals surface area contributed by atoms with Crippen LogP contribution in [0.15, 0.2) is 12.7 Å². The molecule has 0 aromatic carbocycles. The van der Waals surface area contributed by atoms with Gasteiger partial charge < -0.3 is 0 Å². The van der Waals surface area contributed by atoms with Crippen molar-refractivity contribution in [2.75, 3.05) is 0 Å². The van der Waals surface area contributed by atoms with E-state index in [-0.39, 0.29) is 0 Å². The first-order valence-corrected chi connectivity index (χ1v) is 5.92. The minimum absolute atomic E-state index is 0.842. The number of allylic oxidation sites excluding steroid dienone is 1. The van der Waals surface area contributed by atoms with E-state index < -0.39 is 0 Å². The van der Waals surface area contributed by atoms with Crippen molar-refractivity contribution in [1.82, 2.24) is 0 Å². The van der Waals surface area contributed by atoms with Gasteiger partial charge in [0.1, 0.15) is 0 Å². The van der Waals surface area contributed by atoms with Crippen molar-refractivity contribution in [2.24, 2.45) is 23.7 Å². The normalized spacial score (nSPS) is 45.3. The third-order valence-electron chi connectivity index (χ3n) is 4.25. The molecule has 13 heavy (non-hydrogen) atoms. The van der Waals surface area contributed by atoms with Crippen LogP contribution >= 0.6 is 0 Å². The van der Waals surface area contributed by atoms with Crippen LogP contribution in [0.3, 0.4) is 0 Å². The SMILES string of the molecule is C=CC1CCC2CC(C)CCC2C1. The number of hydrogen-bond donors (Lipinski definition) is 0. The summed E-state index contributed by atoms with van der Waals surface area (Å²) in [6.45, 7) is 6.36. The maximum absolute atomic E-state index is 3.94. The van der Waals surface area contributed by atoms with E-state index in [1.165, 1.54) is 38.5 Å². The van der Waals surface area contributed by atoms with Crippen molar-refractivity contribution in [3.63, 3.8) is 0 Å². The Morgan fingerprint density at radius 3 is 2.46 bits per heavy atom. The molecule has 0 nitrogen and oxygen atoms in total. The van der Waals surface area contributed by atoms with Crippen molar-refractivity contribution < 1.29 is 0 Å². The Balaban J connectivity index is 1.94. The van der Waals surface area contributed by atoms with Crippen molar-refractivity contribution in [1.29, 1.82) is 0 Å². The predicted molar refractivity (Wildman–Crippen MR) is 57.5 cm³/mol. The molecule has 0 heterocycles. The molecule has 0 heteroatoms. The molecule has 0 aromatic rings. The topological polar surface area (TPSA) is 0 Å². The average Bonchev–Trinajstić information content (AvgIpc) is 2.17. The average molecular weight is 178 g/mol. The molecule has 0 bridgehead atoms. The molecule has 4 atom stereocenters. The zero-order valence-corrected chi connectivity index (χ0v) is 8.84. The summed E-state index contributed by atoms with van der Waals surface area (Å²) in [6, 6.07) is 0. The van der Waals surface area contributed by atoms with Crippen LogP contribution in [-0.4, -0.2) is 0 Å². The summed E-state index contributed by atoms with van der Waals surface area (Å²) in [5.41, 5.74) is 0. The molecule has 0 aliphatic heterocycles. The summed E-state index contributed by atoms with van der Waals surface area (Å²) in [5.74, 6) is 3.96. The summed E-state index contributed by atoms with van der Waals surface area (Å²) in [6.07, 6.45) is 11.0. The van der Waals surface area contributed by atoms with E-state index in [4.69, 9.17) is 0 Å². The first-order chi connectivity index (χ1) is 6.29. The van der Waals surface area contributed by atoms with E-state index in [0.29, 0.717) is 0 Å². The fourth-order valence-corrected chi connectivity index (χ4v) is 3.37. The molecule has 74 valence electrons. The highest BCUT2D eigenvalue weighted by Gasteiger charge is 2.33. The molecule has 0 radical (unpaired) electrons. The van der Waals surface area contributed by atoms with Gasteiger partial charge in [-0.1, -0.05) is 19.4 Å². The lowest BCUT2D eigenvalue weighted by Gasteiger charge is -2.40. The summed E-state index contributed by atoms with van der Waals surface area (Å²) in [7, 11) is 0. The van der Waals surface area contributed by atoms with Crippen molar-refractivity contribution in [3.8, 4) is 0 Å². The van der Waals surface area contributed by atoms with Gasteiger partial charge in [-0.05, 0) is 55.8 Å². The second kappa shape index (κ2) is 3.86. The summed E-state index contributed by atoms with van der Waals surface area (Å²) in [5, 5.41) is 0. The van der Waals surface area contributed by atoms with Crippen LogP contribution in [0.25, 0.3) is 0 Å². The van der Waals surface area contributed by atoms with Crippen LogP contribution in [-0.2, 0) is 0 Å². The monoisotopic (exact) mass is 178 g/mol. The van der Waals surface area contributed by atoms with Gasteiger partial charge in [0.05, 0.1) is 0 Å².